The van der Waals surface area contributed by atoms with Gasteiger partial charge in [-0.3, -0.25) is 19.2 Å². The van der Waals surface area contributed by atoms with Crippen molar-refractivity contribution in [1.29, 1.82) is 0 Å². The summed E-state index contributed by atoms with van der Waals surface area (Å²) in [5, 5.41) is 18.0. The second kappa shape index (κ2) is 12.7. The maximum absolute atomic E-state index is 13.6. The Kier molecular flexibility index (Phi) is 9.63. The molecular weight excluding hydrogens is 472 g/mol. The lowest BCUT2D eigenvalue weighted by atomic mass is 9.98. The van der Waals surface area contributed by atoms with Crippen LogP contribution < -0.4 is 16.0 Å². The average molecular weight is 511 g/mol. The predicted molar refractivity (Wildman–Crippen MR) is 140 cm³/mol. The summed E-state index contributed by atoms with van der Waals surface area (Å²) >= 11 is 0. The van der Waals surface area contributed by atoms with Crippen LogP contribution in [0.1, 0.15) is 51.5 Å². The highest BCUT2D eigenvalue weighted by Crippen LogP contribution is 2.21. The summed E-state index contributed by atoms with van der Waals surface area (Å²) in [6.07, 6.45) is 7.15. The fourth-order valence-electron chi connectivity index (χ4n) is 4.58. The maximum atomic E-state index is 13.6. The summed E-state index contributed by atoms with van der Waals surface area (Å²) in [7, 11) is 0. The Morgan fingerprint density at radius 2 is 1.81 bits per heavy atom. The highest BCUT2D eigenvalue weighted by molar-refractivity contribution is 5.99. The lowest BCUT2D eigenvalue weighted by Crippen LogP contribution is -2.64. The summed E-state index contributed by atoms with van der Waals surface area (Å²) in [4.78, 5) is 54.9. The van der Waals surface area contributed by atoms with Gasteiger partial charge in [-0.05, 0) is 51.5 Å². The fraction of sp³-hybridized carbons (Fsp3) is 0.500. The standard InChI is InChI=1S/C28H38N4O5/c1-4-20(33)14-9-6-10-15-21-24(34)31-28(2,3)27(37)30-22(18-19-12-7-5-8-13-19)26(36)32-17-11-16-23(32)25(35)29-21/h4-8,10,12-13,20-23,33H,1,9,11,14-18H2,2-3H3,(H,29,35)(H,30,37)(H,31,34)/b10-6+/t20-,21-,22-,23+/m0/s1. The number of hydrogen-bond donors (Lipinski definition) is 4. The number of aliphatic hydroxyl groups excluding tert-OH is 1. The molecule has 1 aromatic rings. The van der Waals surface area contributed by atoms with E-state index in [1.54, 1.807) is 19.9 Å². The first-order valence-electron chi connectivity index (χ1n) is 12.9. The van der Waals surface area contributed by atoms with Crippen molar-refractivity contribution in [2.45, 2.75) is 82.1 Å². The molecule has 3 rings (SSSR count). The molecule has 2 aliphatic rings. The van der Waals surface area contributed by atoms with Gasteiger partial charge in [0.1, 0.15) is 23.7 Å². The van der Waals surface area contributed by atoms with Gasteiger partial charge in [0, 0.05) is 13.0 Å². The molecule has 0 aromatic heterocycles. The molecule has 2 heterocycles. The van der Waals surface area contributed by atoms with Gasteiger partial charge in [0.15, 0.2) is 0 Å². The summed E-state index contributed by atoms with van der Waals surface area (Å²) in [5.41, 5.74) is -0.445. The smallest absolute Gasteiger partial charge is 0.246 e. The number of nitrogens with one attached hydrogen (secondary N) is 3. The van der Waals surface area contributed by atoms with E-state index in [-0.39, 0.29) is 24.7 Å². The average Bonchev–Trinajstić information content (AvgIpc) is 3.36. The van der Waals surface area contributed by atoms with Crippen LogP contribution in [-0.4, -0.2) is 69.9 Å². The van der Waals surface area contributed by atoms with Crippen molar-refractivity contribution in [3.8, 4) is 0 Å². The Bertz CT molecular complexity index is 1020. The number of rotatable bonds is 8. The van der Waals surface area contributed by atoms with Gasteiger partial charge in [-0.15, -0.1) is 6.58 Å². The number of aliphatic hydroxyl groups is 1. The van der Waals surface area contributed by atoms with Crippen LogP contribution in [0, 0.1) is 0 Å². The minimum atomic E-state index is -1.32. The number of carbonyl (C=O) groups is 4. The molecule has 200 valence electrons. The highest BCUT2D eigenvalue weighted by Gasteiger charge is 2.42. The molecule has 0 aliphatic carbocycles. The van der Waals surface area contributed by atoms with Crippen molar-refractivity contribution in [3.63, 3.8) is 0 Å². The van der Waals surface area contributed by atoms with E-state index >= 15 is 0 Å². The molecule has 2 saturated heterocycles. The number of carbonyl (C=O) groups excluding carboxylic acids is 4. The van der Waals surface area contributed by atoms with Gasteiger partial charge in [-0.25, -0.2) is 0 Å². The van der Waals surface area contributed by atoms with Crippen LogP contribution in [-0.2, 0) is 25.6 Å². The maximum Gasteiger partial charge on any atom is 0.246 e. The fourth-order valence-corrected chi connectivity index (χ4v) is 4.58. The zero-order valence-corrected chi connectivity index (χ0v) is 21.6. The van der Waals surface area contributed by atoms with E-state index in [0.717, 1.165) is 5.56 Å². The second-order valence-corrected chi connectivity index (χ2v) is 10.2. The monoisotopic (exact) mass is 510 g/mol. The summed E-state index contributed by atoms with van der Waals surface area (Å²) in [6.45, 7) is 7.09. The van der Waals surface area contributed by atoms with Gasteiger partial charge >= 0.3 is 0 Å². The molecule has 0 radical (unpaired) electrons. The quantitative estimate of drug-likeness (QED) is 0.393. The Labute approximate surface area is 218 Å². The number of nitrogens with zero attached hydrogens (tertiary/aromatic N) is 1. The summed E-state index contributed by atoms with van der Waals surface area (Å²) in [6, 6.07) is 6.87. The SMILES string of the molecule is C=C[C@H](O)CC/C=C/C[C@@H]1NC(=O)[C@H]2CCCN2C(=O)[C@H](Cc2ccccc2)NC(=O)C(C)(C)NC1=O. The second-order valence-electron chi connectivity index (χ2n) is 10.2. The zero-order valence-electron chi connectivity index (χ0n) is 21.6. The van der Waals surface area contributed by atoms with Crippen molar-refractivity contribution >= 4 is 23.6 Å². The predicted octanol–water partition coefficient (Wildman–Crippen LogP) is 1.37. The van der Waals surface area contributed by atoms with Crippen molar-refractivity contribution in [2.75, 3.05) is 6.54 Å². The van der Waals surface area contributed by atoms with Crippen molar-refractivity contribution in [2.24, 2.45) is 0 Å². The normalized spacial score (nSPS) is 25.4. The van der Waals surface area contributed by atoms with Gasteiger partial charge in [0.05, 0.1) is 6.10 Å². The van der Waals surface area contributed by atoms with Crippen LogP contribution in [0.4, 0.5) is 0 Å². The van der Waals surface area contributed by atoms with E-state index in [1.807, 2.05) is 36.4 Å². The van der Waals surface area contributed by atoms with Crippen LogP contribution in [0.2, 0.25) is 0 Å². The third-order valence-corrected chi connectivity index (χ3v) is 6.80. The number of hydrogen-bond acceptors (Lipinski definition) is 5. The molecule has 4 atom stereocenters. The minimum absolute atomic E-state index is 0.205. The molecule has 9 nitrogen and oxygen atoms in total. The van der Waals surface area contributed by atoms with Gasteiger partial charge < -0.3 is 26.0 Å². The molecule has 2 fully saturated rings. The molecule has 2 aliphatic heterocycles. The molecule has 4 N–H and O–H groups in total. The van der Waals surface area contributed by atoms with Gasteiger partial charge in [0.25, 0.3) is 0 Å². The van der Waals surface area contributed by atoms with Crippen LogP contribution in [0.5, 0.6) is 0 Å². The first-order valence-corrected chi connectivity index (χ1v) is 12.9. The number of benzene rings is 1. The van der Waals surface area contributed by atoms with Gasteiger partial charge in [0.2, 0.25) is 23.6 Å². The lowest BCUT2D eigenvalue weighted by Gasteiger charge is -2.34. The van der Waals surface area contributed by atoms with E-state index in [2.05, 4.69) is 22.5 Å². The van der Waals surface area contributed by atoms with Gasteiger partial charge in [-0.1, -0.05) is 48.6 Å². The molecule has 4 amide bonds. The molecule has 0 bridgehead atoms. The highest BCUT2D eigenvalue weighted by atomic mass is 16.3. The van der Waals surface area contributed by atoms with Crippen molar-refractivity contribution in [1.82, 2.24) is 20.9 Å². The van der Waals surface area contributed by atoms with E-state index in [4.69, 9.17) is 0 Å². The Hall–Kier alpha value is -3.46. The Morgan fingerprint density at radius 3 is 2.51 bits per heavy atom. The zero-order chi connectivity index (χ0) is 27.0. The van der Waals surface area contributed by atoms with E-state index in [9.17, 15) is 24.3 Å². The largest absolute Gasteiger partial charge is 0.389 e. The molecule has 9 heteroatoms. The molecule has 37 heavy (non-hydrogen) atoms. The van der Waals surface area contributed by atoms with Crippen molar-refractivity contribution < 1.29 is 24.3 Å². The summed E-state index contributed by atoms with van der Waals surface area (Å²) < 4.78 is 0. The minimum Gasteiger partial charge on any atom is -0.389 e. The molecule has 0 saturated carbocycles. The number of amides is 4. The Morgan fingerprint density at radius 1 is 1.08 bits per heavy atom. The van der Waals surface area contributed by atoms with Crippen LogP contribution >= 0.6 is 0 Å². The first kappa shape index (κ1) is 28.1. The lowest BCUT2D eigenvalue weighted by molar-refractivity contribution is -0.144. The first-order chi connectivity index (χ1) is 17.6. The Balaban J connectivity index is 1.84. The topological polar surface area (TPSA) is 128 Å². The number of allylic oxidation sites excluding steroid dienone is 1. The van der Waals surface area contributed by atoms with Crippen molar-refractivity contribution in [3.05, 3.63) is 60.7 Å². The number of fused-ring (bicyclic) bond motifs is 1. The molecule has 0 unspecified atom stereocenters. The molecule has 0 spiro atoms. The van der Waals surface area contributed by atoms with E-state index in [1.165, 1.54) is 11.0 Å². The third kappa shape index (κ3) is 7.52. The van der Waals surface area contributed by atoms with Crippen LogP contribution in [0.3, 0.4) is 0 Å². The van der Waals surface area contributed by atoms with E-state index in [0.29, 0.717) is 32.2 Å². The molecule has 1 aromatic carbocycles. The van der Waals surface area contributed by atoms with Crippen LogP contribution in [0.15, 0.2) is 55.1 Å². The van der Waals surface area contributed by atoms with E-state index < -0.39 is 41.6 Å². The van der Waals surface area contributed by atoms with Crippen LogP contribution in [0.25, 0.3) is 0 Å². The van der Waals surface area contributed by atoms with Gasteiger partial charge in [-0.2, -0.15) is 0 Å². The molecular formula is C28H38N4O5. The summed E-state index contributed by atoms with van der Waals surface area (Å²) in [5.74, 6) is -1.66. The third-order valence-electron chi connectivity index (χ3n) is 6.80.